The third-order valence-electron chi connectivity index (χ3n) is 6.43. The molecule has 1 atom stereocenters. The Morgan fingerprint density at radius 3 is 2.63 bits per heavy atom. The molecular weight excluding hydrogens is 360 g/mol. The van der Waals surface area contributed by atoms with Crippen LogP contribution in [0.4, 0.5) is 0 Å². The molecule has 1 aliphatic carbocycles. The Morgan fingerprint density at radius 1 is 1.22 bits per heavy atom. The lowest BCUT2D eigenvalue weighted by Gasteiger charge is -2.36. The van der Waals surface area contributed by atoms with Gasteiger partial charge in [-0.05, 0) is 38.4 Å². The zero-order valence-electron chi connectivity index (χ0n) is 17.0. The van der Waals surface area contributed by atoms with Gasteiger partial charge in [-0.25, -0.2) is 0 Å². The lowest BCUT2D eigenvalue weighted by Crippen LogP contribution is -2.50. The molecule has 7 heteroatoms. The van der Waals surface area contributed by atoms with Crippen LogP contribution in [0.5, 0.6) is 0 Å². The number of ether oxygens (including phenoxy) is 1. The number of hydrogen-bond donors (Lipinski definition) is 2. The molecule has 2 N–H and O–H groups in total. The lowest BCUT2D eigenvalue weighted by atomic mass is 9.88. The molecule has 154 valence electrons. The quantitative estimate of drug-likeness (QED) is 0.551. The van der Waals surface area contributed by atoms with Crippen LogP contribution in [0, 0.1) is 5.92 Å². The molecule has 0 spiro atoms. The number of amides is 1. The van der Waals surface area contributed by atoms with Crippen LogP contribution in [0.3, 0.4) is 0 Å². The largest absolute Gasteiger partial charge is 0.381 e. The third kappa shape index (κ3) is 5.53. The molecule has 27 heavy (non-hydrogen) atoms. The summed E-state index contributed by atoms with van der Waals surface area (Å²) in [5.41, 5.74) is 0. The predicted octanol–water partition coefficient (Wildman–Crippen LogP) is 2.24. The number of carbonyl (C=O) groups excluding carboxylic acids is 1. The molecule has 2 aliphatic heterocycles. The molecule has 3 fully saturated rings. The molecular formula is C20H36N4O2S. The van der Waals surface area contributed by atoms with Crippen LogP contribution in [0.15, 0.2) is 4.99 Å². The highest BCUT2D eigenvalue weighted by atomic mass is 32.2. The van der Waals surface area contributed by atoms with Crippen molar-refractivity contribution in [1.29, 1.82) is 0 Å². The van der Waals surface area contributed by atoms with E-state index >= 15 is 0 Å². The molecule has 0 aromatic heterocycles. The number of likely N-dealkylation sites (tertiary alicyclic amines) is 1. The highest BCUT2D eigenvalue weighted by Crippen LogP contribution is 2.33. The third-order valence-corrected chi connectivity index (χ3v) is 7.85. The van der Waals surface area contributed by atoms with Crippen molar-refractivity contribution in [3.63, 3.8) is 0 Å². The Balaban J connectivity index is 1.45. The minimum Gasteiger partial charge on any atom is -0.381 e. The second kappa shape index (κ2) is 10.0. The number of nitrogens with one attached hydrogen (secondary N) is 2. The number of guanidine groups is 1. The average Bonchev–Trinajstić information content (AvgIpc) is 3.20. The van der Waals surface area contributed by atoms with Crippen molar-refractivity contribution in [2.45, 2.75) is 62.2 Å². The summed E-state index contributed by atoms with van der Waals surface area (Å²) in [7, 11) is 1.82. The summed E-state index contributed by atoms with van der Waals surface area (Å²) in [6.07, 6.45) is 11.2. The Morgan fingerprint density at radius 2 is 1.96 bits per heavy atom. The van der Waals surface area contributed by atoms with E-state index in [1.807, 2.05) is 18.8 Å². The number of thioether (sulfide) groups is 1. The number of nitrogens with zero attached hydrogens (tertiary/aromatic N) is 2. The van der Waals surface area contributed by atoms with E-state index in [0.717, 1.165) is 70.9 Å². The maximum absolute atomic E-state index is 12.8. The summed E-state index contributed by atoms with van der Waals surface area (Å²) in [5.74, 6) is 1.50. The fourth-order valence-corrected chi connectivity index (χ4v) is 5.31. The van der Waals surface area contributed by atoms with Crippen LogP contribution in [-0.4, -0.2) is 73.7 Å². The summed E-state index contributed by atoms with van der Waals surface area (Å²) in [6, 6.07) is 0.295. The van der Waals surface area contributed by atoms with Gasteiger partial charge in [-0.2, -0.15) is 11.8 Å². The molecule has 6 nitrogen and oxygen atoms in total. The van der Waals surface area contributed by atoms with Gasteiger partial charge in [0, 0.05) is 56.6 Å². The number of rotatable bonds is 5. The average molecular weight is 397 g/mol. The highest BCUT2D eigenvalue weighted by Gasteiger charge is 2.34. The summed E-state index contributed by atoms with van der Waals surface area (Å²) < 4.78 is 5.76. The van der Waals surface area contributed by atoms with E-state index in [1.165, 1.54) is 19.3 Å². The Kier molecular flexibility index (Phi) is 7.70. The van der Waals surface area contributed by atoms with Crippen molar-refractivity contribution in [3.8, 4) is 0 Å². The normalized spacial score (nSPS) is 26.8. The summed E-state index contributed by atoms with van der Waals surface area (Å²) in [6.45, 7) is 4.26. The van der Waals surface area contributed by atoms with Gasteiger partial charge in [-0.1, -0.05) is 19.3 Å². The fourth-order valence-electron chi connectivity index (χ4n) is 4.52. The first-order valence-corrected chi connectivity index (χ1v) is 11.8. The second-order valence-corrected chi connectivity index (χ2v) is 9.45. The first kappa shape index (κ1) is 20.8. The molecule has 1 amide bonds. The van der Waals surface area contributed by atoms with E-state index in [0.29, 0.717) is 11.9 Å². The number of aliphatic imine (C=N–C) groups is 1. The van der Waals surface area contributed by atoms with E-state index in [4.69, 9.17) is 4.74 Å². The molecule has 2 heterocycles. The van der Waals surface area contributed by atoms with Gasteiger partial charge in [0.15, 0.2) is 5.96 Å². The van der Waals surface area contributed by atoms with Gasteiger partial charge >= 0.3 is 0 Å². The van der Waals surface area contributed by atoms with Crippen LogP contribution in [0.2, 0.25) is 0 Å². The molecule has 0 aromatic rings. The fraction of sp³-hybridized carbons (Fsp3) is 0.900. The Labute approximate surface area is 168 Å². The van der Waals surface area contributed by atoms with E-state index in [1.54, 1.807) is 0 Å². The molecule has 0 aromatic carbocycles. The van der Waals surface area contributed by atoms with Crippen molar-refractivity contribution in [2.75, 3.05) is 46.2 Å². The summed E-state index contributed by atoms with van der Waals surface area (Å²) in [5, 5.41) is 7.06. The maximum atomic E-state index is 12.8. The van der Waals surface area contributed by atoms with Gasteiger partial charge in [0.05, 0.1) is 0 Å². The molecule has 0 bridgehead atoms. The summed E-state index contributed by atoms with van der Waals surface area (Å²) in [4.78, 5) is 19.2. The van der Waals surface area contributed by atoms with Crippen LogP contribution in [0.25, 0.3) is 0 Å². The first-order chi connectivity index (χ1) is 13.2. The number of hydrogen-bond acceptors (Lipinski definition) is 4. The van der Waals surface area contributed by atoms with Crippen molar-refractivity contribution >= 4 is 23.6 Å². The van der Waals surface area contributed by atoms with Crippen LogP contribution < -0.4 is 10.6 Å². The van der Waals surface area contributed by atoms with Gasteiger partial charge in [-0.3, -0.25) is 9.79 Å². The second-order valence-electron chi connectivity index (χ2n) is 8.17. The van der Waals surface area contributed by atoms with Gasteiger partial charge in [0.1, 0.15) is 0 Å². The lowest BCUT2D eigenvalue weighted by molar-refractivity contribution is -0.135. The molecule has 3 aliphatic rings. The van der Waals surface area contributed by atoms with E-state index in [2.05, 4.69) is 26.8 Å². The van der Waals surface area contributed by atoms with Crippen LogP contribution in [0.1, 0.15) is 51.4 Å². The van der Waals surface area contributed by atoms with Crippen molar-refractivity contribution in [3.05, 3.63) is 0 Å². The van der Waals surface area contributed by atoms with Crippen molar-refractivity contribution < 1.29 is 9.53 Å². The Bertz CT molecular complexity index is 516. The minimum absolute atomic E-state index is 0.231. The standard InChI is InChI=1S/C20H36N4O2S/c1-21-19(22-15-20(27-2)9-12-26-13-10-20)23-17-8-11-24(14-17)18(25)16-6-4-3-5-7-16/h16-17H,3-15H2,1-2H3,(H2,21,22,23). The molecule has 1 unspecified atom stereocenters. The molecule has 3 rings (SSSR count). The van der Waals surface area contributed by atoms with E-state index < -0.39 is 0 Å². The van der Waals surface area contributed by atoms with Crippen LogP contribution >= 0.6 is 11.8 Å². The predicted molar refractivity (Wildman–Crippen MR) is 112 cm³/mol. The van der Waals surface area contributed by atoms with Crippen molar-refractivity contribution in [1.82, 2.24) is 15.5 Å². The monoisotopic (exact) mass is 396 g/mol. The smallest absolute Gasteiger partial charge is 0.225 e. The zero-order valence-corrected chi connectivity index (χ0v) is 17.8. The minimum atomic E-state index is 0.231. The Hall–Kier alpha value is -0.950. The van der Waals surface area contributed by atoms with E-state index in [9.17, 15) is 4.79 Å². The van der Waals surface area contributed by atoms with E-state index in [-0.39, 0.29) is 10.7 Å². The number of carbonyl (C=O) groups is 1. The SMILES string of the molecule is CN=C(NCC1(SC)CCOCC1)NC1CCN(C(=O)C2CCCCC2)C1. The summed E-state index contributed by atoms with van der Waals surface area (Å²) >= 11 is 1.93. The van der Waals surface area contributed by atoms with Gasteiger partial charge < -0.3 is 20.3 Å². The molecule has 2 saturated heterocycles. The van der Waals surface area contributed by atoms with Gasteiger partial charge in [0.25, 0.3) is 0 Å². The van der Waals surface area contributed by atoms with Crippen molar-refractivity contribution in [2.24, 2.45) is 10.9 Å². The van der Waals surface area contributed by atoms with Crippen LogP contribution in [-0.2, 0) is 9.53 Å². The highest BCUT2D eigenvalue weighted by molar-refractivity contribution is 8.00. The zero-order chi connectivity index (χ0) is 19.1. The maximum Gasteiger partial charge on any atom is 0.225 e. The first-order valence-electron chi connectivity index (χ1n) is 10.5. The molecule has 1 saturated carbocycles. The molecule has 0 radical (unpaired) electrons. The topological polar surface area (TPSA) is 66.0 Å². The van der Waals surface area contributed by atoms with Gasteiger partial charge in [0.2, 0.25) is 5.91 Å². The van der Waals surface area contributed by atoms with Gasteiger partial charge in [-0.15, -0.1) is 0 Å².